The first-order valence-corrected chi connectivity index (χ1v) is 10.2. The molecule has 0 saturated heterocycles. The topological polar surface area (TPSA) is 115 Å². The number of carboxylic acids is 2. The van der Waals surface area contributed by atoms with Gasteiger partial charge in [0.25, 0.3) is 0 Å². The Morgan fingerprint density at radius 2 is 1.07 bits per heavy atom. The van der Waals surface area contributed by atoms with Gasteiger partial charge in [-0.05, 0) is 0 Å². The molecule has 2 radical (unpaired) electrons. The molecule has 2 unspecified atom stereocenters. The third kappa shape index (κ3) is 31.4. The maximum absolute atomic E-state index is 9.37. The summed E-state index contributed by atoms with van der Waals surface area (Å²) in [5, 5.41) is 31.1. The zero-order valence-corrected chi connectivity index (χ0v) is 12.8. The van der Waals surface area contributed by atoms with Gasteiger partial charge in [0.15, 0.2) is 10.9 Å². The van der Waals surface area contributed by atoms with Crippen molar-refractivity contribution in [2.24, 2.45) is 0 Å². The molecular weight excluding hydrogens is 351 g/mol. The van der Waals surface area contributed by atoms with Gasteiger partial charge in [-0.1, -0.05) is 0 Å². The quantitative estimate of drug-likeness (QED) is 0.222. The number of aliphatic carboxylic acids is 2. The second-order valence-electron chi connectivity index (χ2n) is 1.92. The van der Waals surface area contributed by atoms with E-state index in [1.165, 1.54) is 0 Å². The summed E-state index contributed by atoms with van der Waals surface area (Å²) >= 11 is 6.53. The Balaban J connectivity index is -0.000000153. The predicted octanol–water partition coefficient (Wildman–Crippen LogP) is -0.575. The summed E-state index contributed by atoms with van der Waals surface area (Å²) < 4.78 is 0. The molecular formula is C6H14O6S2Sn. The molecule has 2 atom stereocenters. The van der Waals surface area contributed by atoms with E-state index in [1.807, 2.05) is 0 Å². The van der Waals surface area contributed by atoms with Gasteiger partial charge in [-0.2, -0.15) is 0 Å². The molecule has 90 valence electrons. The van der Waals surface area contributed by atoms with Gasteiger partial charge in [0.2, 0.25) is 0 Å². The van der Waals surface area contributed by atoms with Gasteiger partial charge in [-0.25, -0.2) is 9.59 Å². The van der Waals surface area contributed by atoms with Crippen molar-refractivity contribution in [1.29, 1.82) is 0 Å². The third-order valence-electron chi connectivity index (χ3n) is 0.442. The fourth-order valence-corrected chi connectivity index (χ4v) is 0. The van der Waals surface area contributed by atoms with Crippen molar-refractivity contribution in [2.45, 2.75) is 20.8 Å². The average molecular weight is 365 g/mol. The van der Waals surface area contributed by atoms with E-state index < -0.39 is 22.8 Å². The Labute approximate surface area is 109 Å². The van der Waals surface area contributed by atoms with Crippen molar-refractivity contribution in [2.75, 3.05) is 0 Å². The normalized spacial score (nSPS) is 12.1. The van der Waals surface area contributed by atoms with Gasteiger partial charge in [-0.15, -0.1) is 25.3 Å². The van der Waals surface area contributed by atoms with E-state index in [2.05, 4.69) is 35.1 Å². The van der Waals surface area contributed by atoms with Crippen LogP contribution in [0.15, 0.2) is 0 Å². The van der Waals surface area contributed by atoms with Gasteiger partial charge < -0.3 is 20.4 Å². The first-order chi connectivity index (χ1) is 6.70. The van der Waals surface area contributed by atoms with Crippen LogP contribution in [-0.2, 0) is 9.59 Å². The van der Waals surface area contributed by atoms with Crippen LogP contribution in [-0.4, -0.2) is 64.4 Å². The molecule has 0 aliphatic rings. The standard InChI is InChI=1S/2C2H4O3S.2CH3.Sn/c2*3-1(4)2(5)6;;;/h2*2,5-6H,(H,3,4);2*1H3;. The summed E-state index contributed by atoms with van der Waals surface area (Å²) in [4.78, 5) is 23.3. The number of aliphatic hydroxyl groups is 2. The van der Waals surface area contributed by atoms with E-state index in [0.717, 1.165) is 0 Å². The summed E-state index contributed by atoms with van der Waals surface area (Å²) in [6, 6.07) is 0. The van der Waals surface area contributed by atoms with E-state index in [0.29, 0.717) is 0 Å². The molecule has 0 heterocycles. The Bertz CT molecular complexity index is 157. The Morgan fingerprint density at radius 1 is 1.00 bits per heavy atom. The second kappa shape index (κ2) is 14.4. The van der Waals surface area contributed by atoms with Crippen LogP contribution in [0.5, 0.6) is 0 Å². The van der Waals surface area contributed by atoms with Crippen LogP contribution in [0.1, 0.15) is 0 Å². The van der Waals surface area contributed by atoms with Crippen molar-refractivity contribution in [3.63, 3.8) is 0 Å². The fourth-order valence-electron chi connectivity index (χ4n) is 0. The molecule has 9 heteroatoms. The first-order valence-electron chi connectivity index (χ1n) is 3.47. The second-order valence-corrected chi connectivity index (χ2v) is 5.76. The molecule has 0 aliphatic carbocycles. The van der Waals surface area contributed by atoms with Crippen LogP contribution in [0.4, 0.5) is 0 Å². The van der Waals surface area contributed by atoms with Gasteiger partial charge in [0.1, 0.15) is 0 Å². The van der Waals surface area contributed by atoms with E-state index in [-0.39, 0.29) is 21.1 Å². The molecule has 0 aromatic rings. The third-order valence-corrected chi connectivity index (χ3v) is 0.884. The molecule has 0 rings (SSSR count). The SMILES string of the molecule is O=C(O)C(O)S.O=C(O)C(O)S.[CH3][Sn][CH3]. The van der Waals surface area contributed by atoms with Crippen LogP contribution in [0.3, 0.4) is 0 Å². The minimum absolute atomic E-state index is 0.230. The molecule has 0 aromatic carbocycles. The zero-order chi connectivity index (χ0) is 13.0. The Hall–Kier alpha value is 0.359. The molecule has 15 heavy (non-hydrogen) atoms. The number of hydrogen-bond donors (Lipinski definition) is 6. The number of rotatable bonds is 2. The van der Waals surface area contributed by atoms with Crippen molar-refractivity contribution in [3.05, 3.63) is 0 Å². The van der Waals surface area contributed by atoms with Crippen molar-refractivity contribution in [1.82, 2.24) is 0 Å². The molecule has 0 saturated carbocycles. The van der Waals surface area contributed by atoms with Crippen LogP contribution >= 0.6 is 25.3 Å². The molecule has 0 aromatic heterocycles. The van der Waals surface area contributed by atoms with Gasteiger partial charge in [0.05, 0.1) is 0 Å². The average Bonchev–Trinajstić information content (AvgIpc) is 2.06. The molecule has 0 spiro atoms. The van der Waals surface area contributed by atoms with Crippen LogP contribution in [0, 0.1) is 0 Å². The minimum atomic E-state index is -1.54. The number of thiol groups is 2. The maximum atomic E-state index is 9.37. The van der Waals surface area contributed by atoms with Crippen molar-refractivity contribution < 1.29 is 30.0 Å². The van der Waals surface area contributed by atoms with Crippen molar-refractivity contribution >= 4 is 58.3 Å². The van der Waals surface area contributed by atoms with Gasteiger partial charge in [0, 0.05) is 0 Å². The fraction of sp³-hybridized carbons (Fsp3) is 0.667. The van der Waals surface area contributed by atoms with Crippen molar-refractivity contribution in [3.8, 4) is 0 Å². The summed E-state index contributed by atoms with van der Waals surface area (Å²) in [7, 11) is 0. The van der Waals surface area contributed by atoms with E-state index in [1.54, 1.807) is 0 Å². The monoisotopic (exact) mass is 366 g/mol. The predicted molar refractivity (Wildman–Crippen MR) is 62.7 cm³/mol. The number of hydrogen-bond acceptors (Lipinski definition) is 6. The molecule has 0 bridgehead atoms. The van der Waals surface area contributed by atoms with Gasteiger partial charge >= 0.3 is 43.0 Å². The molecule has 0 fully saturated rings. The summed E-state index contributed by atoms with van der Waals surface area (Å²) in [6.07, 6.45) is 0. The number of carboxylic acid groups (broad SMARTS) is 2. The van der Waals surface area contributed by atoms with E-state index >= 15 is 0 Å². The summed E-state index contributed by atoms with van der Waals surface area (Å²) in [5.41, 5.74) is -3.07. The van der Waals surface area contributed by atoms with Gasteiger partial charge in [-0.3, -0.25) is 0 Å². The zero-order valence-electron chi connectivity index (χ0n) is 8.15. The Morgan fingerprint density at radius 3 is 1.07 bits per heavy atom. The first kappa shape index (κ1) is 20.7. The van der Waals surface area contributed by atoms with E-state index in [9.17, 15) is 9.59 Å². The number of carbonyl (C=O) groups is 2. The van der Waals surface area contributed by atoms with Crippen LogP contribution in [0.25, 0.3) is 0 Å². The number of aliphatic hydroxyl groups excluding tert-OH is 2. The molecule has 4 N–H and O–H groups in total. The summed E-state index contributed by atoms with van der Waals surface area (Å²) in [5.74, 6) is -2.64. The molecule has 0 amide bonds. The Kier molecular flexibility index (Phi) is 19.8. The van der Waals surface area contributed by atoms with E-state index in [4.69, 9.17) is 20.4 Å². The molecule has 0 aliphatic heterocycles. The summed E-state index contributed by atoms with van der Waals surface area (Å²) in [6.45, 7) is 0. The van der Waals surface area contributed by atoms with Crippen LogP contribution in [0.2, 0.25) is 9.88 Å². The molecule has 6 nitrogen and oxygen atoms in total. The van der Waals surface area contributed by atoms with Crippen LogP contribution < -0.4 is 0 Å².